The maximum absolute atomic E-state index is 10.6. The van der Waals surface area contributed by atoms with E-state index >= 15 is 0 Å². The highest BCUT2D eigenvalue weighted by Gasteiger charge is 2.08. The third-order valence-corrected chi connectivity index (χ3v) is 0.979. The van der Waals surface area contributed by atoms with Gasteiger partial charge in [-0.15, -0.1) is 0 Å². The minimum Gasteiger partial charge on any atom is -0.320 e. The third-order valence-electron chi connectivity index (χ3n) is 0.979. The van der Waals surface area contributed by atoms with Gasteiger partial charge in [-0.3, -0.25) is 9.63 Å². The minimum absolute atomic E-state index is 0.278. The van der Waals surface area contributed by atoms with Crippen molar-refractivity contribution >= 4 is 5.91 Å². The fourth-order valence-corrected chi connectivity index (χ4v) is 0.362. The molecule has 3 N–H and O–H groups in total. The van der Waals surface area contributed by atoms with E-state index in [9.17, 15) is 4.79 Å². The van der Waals surface area contributed by atoms with Gasteiger partial charge in [-0.2, -0.15) is 0 Å². The van der Waals surface area contributed by atoms with Crippen LogP contribution < -0.4 is 11.2 Å². The van der Waals surface area contributed by atoms with Crippen LogP contribution in [0.4, 0.5) is 0 Å². The number of hydrogen-bond acceptors (Lipinski definition) is 3. The van der Waals surface area contributed by atoms with E-state index in [0.29, 0.717) is 6.42 Å². The van der Waals surface area contributed by atoms with Gasteiger partial charge in [-0.1, -0.05) is 6.92 Å². The molecule has 0 aromatic heterocycles. The minimum atomic E-state index is -0.454. The predicted octanol–water partition coefficient (Wildman–Crippen LogP) is -0.599. The molecule has 0 spiro atoms. The van der Waals surface area contributed by atoms with E-state index < -0.39 is 6.04 Å². The normalized spacial score (nSPS) is 12.8. The Morgan fingerprint density at radius 3 is 2.78 bits per heavy atom. The summed E-state index contributed by atoms with van der Waals surface area (Å²) in [4.78, 5) is 15.0. The zero-order chi connectivity index (χ0) is 7.28. The lowest BCUT2D eigenvalue weighted by Gasteiger charge is -2.06. The van der Waals surface area contributed by atoms with Gasteiger partial charge in [-0.05, 0) is 6.42 Å². The lowest BCUT2D eigenvalue weighted by Crippen LogP contribution is -2.39. The Morgan fingerprint density at radius 2 is 2.44 bits per heavy atom. The first-order chi connectivity index (χ1) is 4.22. The molecule has 54 valence electrons. The van der Waals surface area contributed by atoms with Gasteiger partial charge in [0.15, 0.2) is 0 Å². The molecule has 9 heavy (non-hydrogen) atoms. The lowest BCUT2D eigenvalue weighted by molar-refractivity contribution is -0.132. The quantitative estimate of drug-likeness (QED) is 0.504. The summed E-state index contributed by atoms with van der Waals surface area (Å²) in [6.45, 7) is 1.83. The summed E-state index contributed by atoms with van der Waals surface area (Å²) in [6, 6.07) is -0.454. The summed E-state index contributed by atoms with van der Waals surface area (Å²) < 4.78 is 0. The van der Waals surface area contributed by atoms with E-state index in [-0.39, 0.29) is 5.91 Å². The Morgan fingerprint density at radius 1 is 1.89 bits per heavy atom. The molecule has 0 unspecified atom stereocenters. The zero-order valence-electron chi connectivity index (χ0n) is 5.68. The molecule has 0 heterocycles. The lowest BCUT2D eigenvalue weighted by atomic mass is 10.2. The Balaban J connectivity index is 3.46. The average Bonchev–Trinajstić information content (AvgIpc) is 1.87. The molecular weight excluding hydrogens is 120 g/mol. The Hall–Kier alpha value is -0.610. The predicted molar refractivity (Wildman–Crippen MR) is 33.4 cm³/mol. The van der Waals surface area contributed by atoms with E-state index in [0.717, 1.165) is 0 Å². The molecule has 0 aromatic rings. The van der Waals surface area contributed by atoms with E-state index in [4.69, 9.17) is 5.73 Å². The van der Waals surface area contributed by atoms with Crippen molar-refractivity contribution in [2.45, 2.75) is 19.4 Å². The van der Waals surface area contributed by atoms with E-state index in [2.05, 4.69) is 10.3 Å². The third kappa shape index (κ3) is 3.05. The topological polar surface area (TPSA) is 64.4 Å². The maximum atomic E-state index is 10.6. The number of hydrogen-bond donors (Lipinski definition) is 2. The number of amides is 1. The molecule has 4 heteroatoms. The number of carbonyl (C=O) groups is 1. The van der Waals surface area contributed by atoms with Crippen molar-refractivity contribution in [2.24, 2.45) is 5.73 Å². The van der Waals surface area contributed by atoms with Gasteiger partial charge in [0.25, 0.3) is 5.91 Å². The van der Waals surface area contributed by atoms with Crippen molar-refractivity contribution in [3.05, 3.63) is 0 Å². The number of nitrogens with one attached hydrogen (secondary N) is 1. The Kier molecular flexibility index (Phi) is 4.00. The summed E-state index contributed by atoms with van der Waals surface area (Å²) in [5.41, 5.74) is 7.44. The number of nitrogens with two attached hydrogens (primary N) is 1. The molecule has 0 rings (SSSR count). The first-order valence-corrected chi connectivity index (χ1v) is 2.80. The second-order valence-electron chi connectivity index (χ2n) is 1.69. The molecule has 0 aromatic carbocycles. The molecule has 1 atom stereocenters. The molecular formula is C5H12N2O2. The molecule has 0 fully saturated rings. The summed E-state index contributed by atoms with van der Waals surface area (Å²) in [5.74, 6) is -0.278. The van der Waals surface area contributed by atoms with Crippen molar-refractivity contribution in [2.75, 3.05) is 7.11 Å². The molecule has 1 amide bonds. The van der Waals surface area contributed by atoms with Crippen LogP contribution in [-0.2, 0) is 9.63 Å². The van der Waals surface area contributed by atoms with Crippen molar-refractivity contribution in [3.8, 4) is 0 Å². The van der Waals surface area contributed by atoms with Crippen LogP contribution in [0.15, 0.2) is 0 Å². The molecule has 0 aliphatic carbocycles. The largest absolute Gasteiger partial charge is 0.320 e. The van der Waals surface area contributed by atoms with Crippen molar-refractivity contribution in [1.82, 2.24) is 5.48 Å². The molecule has 0 aliphatic rings. The SMILES string of the molecule is CC[C@H](N)C(=O)NOC. The number of hydroxylamine groups is 1. The number of carbonyl (C=O) groups excluding carboxylic acids is 1. The smallest absolute Gasteiger partial charge is 0.260 e. The van der Waals surface area contributed by atoms with Gasteiger partial charge in [0, 0.05) is 0 Å². The van der Waals surface area contributed by atoms with Crippen LogP contribution in [0.25, 0.3) is 0 Å². The first kappa shape index (κ1) is 8.39. The second kappa shape index (κ2) is 4.29. The maximum Gasteiger partial charge on any atom is 0.260 e. The zero-order valence-corrected chi connectivity index (χ0v) is 5.68. The monoisotopic (exact) mass is 132 g/mol. The Bertz CT molecular complexity index is 95.0. The first-order valence-electron chi connectivity index (χ1n) is 2.80. The summed E-state index contributed by atoms with van der Waals surface area (Å²) in [6.07, 6.45) is 0.620. The molecule has 0 radical (unpaired) electrons. The molecule has 0 aliphatic heterocycles. The highest BCUT2D eigenvalue weighted by molar-refractivity contribution is 5.80. The van der Waals surface area contributed by atoms with E-state index in [1.165, 1.54) is 7.11 Å². The summed E-state index contributed by atoms with van der Waals surface area (Å²) in [5, 5.41) is 0. The number of rotatable bonds is 3. The second-order valence-corrected chi connectivity index (χ2v) is 1.69. The van der Waals surface area contributed by atoms with Crippen LogP contribution in [0.3, 0.4) is 0 Å². The van der Waals surface area contributed by atoms with Gasteiger partial charge >= 0.3 is 0 Å². The van der Waals surface area contributed by atoms with Gasteiger partial charge < -0.3 is 5.73 Å². The molecule has 0 saturated heterocycles. The van der Waals surface area contributed by atoms with Gasteiger partial charge in [0.1, 0.15) is 0 Å². The summed E-state index contributed by atoms with van der Waals surface area (Å²) >= 11 is 0. The highest BCUT2D eigenvalue weighted by atomic mass is 16.6. The summed E-state index contributed by atoms with van der Waals surface area (Å²) in [7, 11) is 1.38. The van der Waals surface area contributed by atoms with Gasteiger partial charge in [0.05, 0.1) is 13.2 Å². The highest BCUT2D eigenvalue weighted by Crippen LogP contribution is 1.83. The van der Waals surface area contributed by atoms with Gasteiger partial charge in [-0.25, -0.2) is 5.48 Å². The van der Waals surface area contributed by atoms with Crippen LogP contribution in [0.2, 0.25) is 0 Å². The molecule has 4 nitrogen and oxygen atoms in total. The van der Waals surface area contributed by atoms with Crippen LogP contribution in [-0.4, -0.2) is 19.1 Å². The fourth-order valence-electron chi connectivity index (χ4n) is 0.362. The van der Waals surface area contributed by atoms with Gasteiger partial charge in [0.2, 0.25) is 0 Å². The standard InChI is InChI=1S/C5H12N2O2/c1-3-4(6)5(8)7-9-2/h4H,3,6H2,1-2H3,(H,7,8)/t4-/m0/s1. The van der Waals surface area contributed by atoms with E-state index in [1.54, 1.807) is 0 Å². The molecule has 0 saturated carbocycles. The van der Waals surface area contributed by atoms with Crippen LogP contribution >= 0.6 is 0 Å². The average molecular weight is 132 g/mol. The van der Waals surface area contributed by atoms with Crippen LogP contribution in [0, 0.1) is 0 Å². The Labute approximate surface area is 54.3 Å². The van der Waals surface area contributed by atoms with Crippen molar-refractivity contribution in [1.29, 1.82) is 0 Å². The fraction of sp³-hybridized carbons (Fsp3) is 0.800. The molecule has 0 bridgehead atoms. The van der Waals surface area contributed by atoms with Crippen LogP contribution in [0.5, 0.6) is 0 Å². The van der Waals surface area contributed by atoms with E-state index in [1.807, 2.05) is 6.92 Å². The van der Waals surface area contributed by atoms with Crippen LogP contribution in [0.1, 0.15) is 13.3 Å². The van der Waals surface area contributed by atoms with Crippen molar-refractivity contribution < 1.29 is 9.63 Å². The van der Waals surface area contributed by atoms with Crippen molar-refractivity contribution in [3.63, 3.8) is 0 Å².